The van der Waals surface area contributed by atoms with Gasteiger partial charge >= 0.3 is 0 Å². The molecule has 0 bridgehead atoms. The minimum absolute atomic E-state index is 0. The molecule has 0 aliphatic rings. The molecule has 0 atom stereocenters. The summed E-state index contributed by atoms with van der Waals surface area (Å²) in [6.45, 7) is 3.53. The first-order valence-electron chi connectivity index (χ1n) is 8.70. The number of imidazole rings is 1. The lowest BCUT2D eigenvalue weighted by molar-refractivity contribution is 0.414. The van der Waals surface area contributed by atoms with Gasteiger partial charge in [-0.3, -0.25) is 4.99 Å². The largest absolute Gasteiger partial charge is 0.497 e. The summed E-state index contributed by atoms with van der Waals surface area (Å²) >= 11 is 0. The predicted molar refractivity (Wildman–Crippen MR) is 120 cm³/mol. The van der Waals surface area contributed by atoms with Crippen LogP contribution in [0.4, 0.5) is 0 Å². The van der Waals surface area contributed by atoms with E-state index in [4.69, 9.17) is 9.72 Å². The monoisotopic (exact) mass is 479 g/mol. The van der Waals surface area contributed by atoms with Gasteiger partial charge in [0.25, 0.3) is 0 Å². The van der Waals surface area contributed by atoms with E-state index in [-0.39, 0.29) is 24.0 Å². The quantitative estimate of drug-likeness (QED) is 0.324. The third-order valence-electron chi connectivity index (χ3n) is 4.22. The zero-order valence-corrected chi connectivity index (χ0v) is 18.2. The molecular formula is C20H26IN5O. The van der Waals surface area contributed by atoms with Gasteiger partial charge in [-0.15, -0.1) is 24.0 Å². The minimum atomic E-state index is 0. The molecule has 0 aliphatic heterocycles. The fourth-order valence-electron chi connectivity index (χ4n) is 2.82. The van der Waals surface area contributed by atoms with Crippen LogP contribution < -0.4 is 15.4 Å². The second-order valence-electron chi connectivity index (χ2n) is 6.11. The first-order chi connectivity index (χ1) is 12.7. The van der Waals surface area contributed by atoms with Crippen molar-refractivity contribution in [3.63, 3.8) is 0 Å². The van der Waals surface area contributed by atoms with Crippen molar-refractivity contribution >= 4 is 35.6 Å². The number of ether oxygens (including phenoxy) is 1. The van der Waals surface area contributed by atoms with Gasteiger partial charge in [0.15, 0.2) is 5.96 Å². The van der Waals surface area contributed by atoms with Crippen LogP contribution in [0.1, 0.15) is 16.8 Å². The summed E-state index contributed by atoms with van der Waals surface area (Å²) in [5.74, 6) is 1.63. The highest BCUT2D eigenvalue weighted by Gasteiger charge is 2.04. The molecule has 144 valence electrons. The molecule has 27 heavy (non-hydrogen) atoms. The van der Waals surface area contributed by atoms with Crippen molar-refractivity contribution in [3.05, 3.63) is 65.6 Å². The molecule has 0 unspecified atom stereocenters. The lowest BCUT2D eigenvalue weighted by atomic mass is 10.2. The summed E-state index contributed by atoms with van der Waals surface area (Å²) in [4.78, 5) is 8.97. The highest BCUT2D eigenvalue weighted by atomic mass is 127. The van der Waals surface area contributed by atoms with Gasteiger partial charge in [-0.1, -0.05) is 18.2 Å². The van der Waals surface area contributed by atoms with E-state index >= 15 is 0 Å². The van der Waals surface area contributed by atoms with Crippen molar-refractivity contribution in [2.45, 2.75) is 19.9 Å². The Labute approximate surface area is 177 Å². The molecule has 0 amide bonds. The number of aliphatic imine (C=N–C) groups is 1. The maximum Gasteiger partial charge on any atom is 0.191 e. The molecule has 6 nitrogen and oxygen atoms in total. The zero-order chi connectivity index (χ0) is 18.4. The number of hydrogen-bond donors (Lipinski definition) is 2. The maximum absolute atomic E-state index is 5.25. The van der Waals surface area contributed by atoms with Crippen molar-refractivity contribution < 1.29 is 4.74 Å². The van der Waals surface area contributed by atoms with Crippen LogP contribution in [0.2, 0.25) is 0 Å². The maximum atomic E-state index is 5.25. The summed E-state index contributed by atoms with van der Waals surface area (Å²) in [7, 11) is 3.45. The van der Waals surface area contributed by atoms with E-state index in [0.29, 0.717) is 6.54 Å². The third-order valence-corrected chi connectivity index (χ3v) is 4.22. The molecule has 2 heterocycles. The number of hydrogen-bond acceptors (Lipinski definition) is 3. The number of nitrogens with zero attached hydrogens (tertiary/aromatic N) is 3. The van der Waals surface area contributed by atoms with Crippen LogP contribution in [0.3, 0.4) is 0 Å². The number of pyridine rings is 1. The summed E-state index contributed by atoms with van der Waals surface area (Å²) in [5.41, 5.74) is 4.41. The van der Waals surface area contributed by atoms with Crippen molar-refractivity contribution in [3.8, 4) is 5.75 Å². The summed E-state index contributed by atoms with van der Waals surface area (Å²) in [6.07, 6.45) is 4.94. The van der Waals surface area contributed by atoms with Crippen LogP contribution in [0.25, 0.3) is 5.65 Å². The van der Waals surface area contributed by atoms with Crippen molar-refractivity contribution in [1.82, 2.24) is 20.0 Å². The van der Waals surface area contributed by atoms with Gasteiger partial charge in [0.05, 0.1) is 12.8 Å². The number of benzene rings is 1. The Bertz CT molecular complexity index is 906. The Balaban J connectivity index is 0.00000261. The Kier molecular flexibility index (Phi) is 7.90. The van der Waals surface area contributed by atoms with E-state index in [9.17, 15) is 0 Å². The Morgan fingerprint density at radius 1 is 1.22 bits per heavy atom. The number of guanidine groups is 1. The van der Waals surface area contributed by atoms with E-state index in [1.54, 1.807) is 14.2 Å². The van der Waals surface area contributed by atoms with Crippen LogP contribution in [0, 0.1) is 6.92 Å². The second-order valence-corrected chi connectivity index (χ2v) is 6.11. The normalized spacial score (nSPS) is 11.1. The fraction of sp³-hybridized carbons (Fsp3) is 0.300. The number of aryl methyl sites for hydroxylation is 1. The zero-order valence-electron chi connectivity index (χ0n) is 15.9. The Morgan fingerprint density at radius 3 is 2.81 bits per heavy atom. The first kappa shape index (κ1) is 21.0. The molecule has 0 saturated carbocycles. The van der Waals surface area contributed by atoms with E-state index < -0.39 is 0 Å². The SMILES string of the molecule is CN=C(NCCc1cn2cccc(C)c2n1)NCc1cccc(OC)c1.I. The molecule has 2 N–H and O–H groups in total. The first-order valence-corrected chi connectivity index (χ1v) is 8.70. The number of rotatable bonds is 6. The van der Waals surface area contributed by atoms with Gasteiger partial charge < -0.3 is 19.8 Å². The van der Waals surface area contributed by atoms with E-state index in [1.165, 1.54) is 5.56 Å². The second kappa shape index (κ2) is 10.1. The number of nitrogens with one attached hydrogen (secondary N) is 2. The average Bonchev–Trinajstić information content (AvgIpc) is 3.09. The van der Waals surface area contributed by atoms with E-state index in [0.717, 1.165) is 41.6 Å². The molecule has 0 radical (unpaired) electrons. The topological polar surface area (TPSA) is 63.0 Å². The van der Waals surface area contributed by atoms with Gasteiger partial charge in [-0.25, -0.2) is 4.98 Å². The molecule has 1 aromatic carbocycles. The van der Waals surface area contributed by atoms with Gasteiger partial charge in [-0.05, 0) is 36.2 Å². The van der Waals surface area contributed by atoms with Crippen LogP contribution in [0.15, 0.2) is 53.8 Å². The number of halogens is 1. The average molecular weight is 479 g/mol. The lowest BCUT2D eigenvalue weighted by Crippen LogP contribution is -2.37. The van der Waals surface area contributed by atoms with Crippen LogP contribution in [-0.2, 0) is 13.0 Å². The van der Waals surface area contributed by atoms with E-state index in [1.807, 2.05) is 30.5 Å². The minimum Gasteiger partial charge on any atom is -0.497 e. The number of methoxy groups -OCH3 is 1. The smallest absolute Gasteiger partial charge is 0.191 e. The molecule has 3 aromatic rings. The summed E-state index contributed by atoms with van der Waals surface area (Å²) in [5, 5.41) is 6.65. The third kappa shape index (κ3) is 5.59. The molecule has 0 spiro atoms. The van der Waals surface area contributed by atoms with Gasteiger partial charge in [-0.2, -0.15) is 0 Å². The van der Waals surface area contributed by atoms with Crippen molar-refractivity contribution in [2.24, 2.45) is 4.99 Å². The lowest BCUT2D eigenvalue weighted by Gasteiger charge is -2.12. The Morgan fingerprint density at radius 2 is 2.07 bits per heavy atom. The van der Waals surface area contributed by atoms with E-state index in [2.05, 4.69) is 45.3 Å². The molecule has 0 aliphatic carbocycles. The van der Waals surface area contributed by atoms with Crippen molar-refractivity contribution in [2.75, 3.05) is 20.7 Å². The van der Waals surface area contributed by atoms with Crippen LogP contribution in [0.5, 0.6) is 5.75 Å². The predicted octanol–water partition coefficient (Wildman–Crippen LogP) is 3.18. The van der Waals surface area contributed by atoms with Crippen LogP contribution in [-0.4, -0.2) is 36.0 Å². The number of fused-ring (bicyclic) bond motifs is 1. The molecule has 2 aromatic heterocycles. The fourth-order valence-corrected chi connectivity index (χ4v) is 2.82. The standard InChI is InChI=1S/C20H25N5O.HI/c1-15-6-5-11-25-14-17(24-19(15)25)9-10-22-20(21-2)23-13-16-7-4-8-18(12-16)26-3;/h4-8,11-12,14H,9-10,13H2,1-3H3,(H2,21,22,23);1H. The van der Waals surface area contributed by atoms with Crippen LogP contribution >= 0.6 is 24.0 Å². The molecule has 3 rings (SSSR count). The Hall–Kier alpha value is -2.29. The van der Waals surface area contributed by atoms with Gasteiger partial charge in [0.2, 0.25) is 0 Å². The highest BCUT2D eigenvalue weighted by molar-refractivity contribution is 14.0. The summed E-state index contributed by atoms with van der Waals surface area (Å²) in [6, 6.07) is 12.1. The number of aromatic nitrogens is 2. The van der Waals surface area contributed by atoms with Gasteiger partial charge in [0, 0.05) is 39.0 Å². The molecular weight excluding hydrogens is 453 g/mol. The summed E-state index contributed by atoms with van der Waals surface area (Å²) < 4.78 is 7.32. The molecule has 0 fully saturated rings. The molecule has 7 heteroatoms. The van der Waals surface area contributed by atoms with Crippen molar-refractivity contribution in [1.29, 1.82) is 0 Å². The highest BCUT2D eigenvalue weighted by Crippen LogP contribution is 2.12. The van der Waals surface area contributed by atoms with Gasteiger partial charge in [0.1, 0.15) is 11.4 Å². The molecule has 0 saturated heterocycles.